The lowest BCUT2D eigenvalue weighted by Gasteiger charge is -2.06. The van der Waals surface area contributed by atoms with Gasteiger partial charge in [0.25, 0.3) is 0 Å². The predicted molar refractivity (Wildman–Crippen MR) is 77.8 cm³/mol. The summed E-state index contributed by atoms with van der Waals surface area (Å²) in [4.78, 5) is 3.15. The summed E-state index contributed by atoms with van der Waals surface area (Å²) >= 11 is 11.3. The lowest BCUT2D eigenvalue weighted by Crippen LogP contribution is -2.07. The standard InChI is InChI=1S/C13H15ClN2OS/c1-9(2)8-17-6-5-16-12-7-10(14)3-4-11(12)15-13(16)18/h3-4,7H,1,5-6,8H2,2H3,(H,15,18). The summed E-state index contributed by atoms with van der Waals surface area (Å²) < 4.78 is 8.17. The number of halogens is 1. The second-order valence-corrected chi connectivity index (χ2v) is 5.08. The number of aromatic amines is 1. The molecular weight excluding hydrogens is 268 g/mol. The minimum Gasteiger partial charge on any atom is -0.375 e. The molecule has 0 radical (unpaired) electrons. The molecule has 2 rings (SSSR count). The summed E-state index contributed by atoms with van der Waals surface area (Å²) in [7, 11) is 0. The summed E-state index contributed by atoms with van der Waals surface area (Å²) in [5.41, 5.74) is 3.01. The molecule has 0 aliphatic carbocycles. The summed E-state index contributed by atoms with van der Waals surface area (Å²) in [6.45, 7) is 7.61. The van der Waals surface area contributed by atoms with E-state index in [-0.39, 0.29) is 0 Å². The van der Waals surface area contributed by atoms with Crippen molar-refractivity contribution in [2.24, 2.45) is 0 Å². The molecular formula is C13H15ClN2OS. The summed E-state index contributed by atoms with van der Waals surface area (Å²) in [6, 6.07) is 5.68. The number of benzene rings is 1. The Kier molecular flexibility index (Phi) is 4.22. The van der Waals surface area contributed by atoms with Gasteiger partial charge in [0.2, 0.25) is 0 Å². The highest BCUT2D eigenvalue weighted by Gasteiger charge is 2.04. The molecule has 96 valence electrons. The maximum atomic E-state index is 6.00. The van der Waals surface area contributed by atoms with Gasteiger partial charge in [0.05, 0.1) is 24.2 Å². The maximum Gasteiger partial charge on any atom is 0.178 e. The van der Waals surface area contributed by atoms with Crippen LogP contribution in [0.15, 0.2) is 30.4 Å². The van der Waals surface area contributed by atoms with Crippen LogP contribution in [-0.4, -0.2) is 22.8 Å². The first-order valence-electron chi connectivity index (χ1n) is 5.68. The van der Waals surface area contributed by atoms with Gasteiger partial charge < -0.3 is 14.3 Å². The van der Waals surface area contributed by atoms with E-state index in [4.69, 9.17) is 28.6 Å². The van der Waals surface area contributed by atoms with Gasteiger partial charge in [0, 0.05) is 11.6 Å². The van der Waals surface area contributed by atoms with Gasteiger partial charge in [-0.1, -0.05) is 23.8 Å². The van der Waals surface area contributed by atoms with Crippen molar-refractivity contribution in [3.8, 4) is 0 Å². The van der Waals surface area contributed by atoms with E-state index >= 15 is 0 Å². The van der Waals surface area contributed by atoms with Crippen LogP contribution in [0.2, 0.25) is 5.02 Å². The highest BCUT2D eigenvalue weighted by atomic mass is 35.5. The Morgan fingerprint density at radius 1 is 1.56 bits per heavy atom. The van der Waals surface area contributed by atoms with Crippen molar-refractivity contribution in [3.05, 3.63) is 40.1 Å². The Balaban J connectivity index is 2.17. The van der Waals surface area contributed by atoms with E-state index in [1.807, 2.05) is 29.7 Å². The van der Waals surface area contributed by atoms with E-state index in [1.165, 1.54) is 0 Å². The molecule has 0 saturated carbocycles. The third kappa shape index (κ3) is 3.02. The van der Waals surface area contributed by atoms with Crippen molar-refractivity contribution in [2.45, 2.75) is 13.5 Å². The first-order chi connectivity index (χ1) is 8.58. The third-order valence-electron chi connectivity index (χ3n) is 2.55. The van der Waals surface area contributed by atoms with Gasteiger partial charge in [-0.15, -0.1) is 0 Å². The van der Waals surface area contributed by atoms with Crippen molar-refractivity contribution in [1.29, 1.82) is 0 Å². The number of nitrogens with zero attached hydrogens (tertiary/aromatic N) is 1. The number of hydrogen-bond donors (Lipinski definition) is 1. The molecule has 1 aromatic heterocycles. The molecule has 5 heteroatoms. The van der Waals surface area contributed by atoms with E-state index < -0.39 is 0 Å². The molecule has 0 amide bonds. The average Bonchev–Trinajstić information content (AvgIpc) is 2.60. The number of fused-ring (bicyclic) bond motifs is 1. The van der Waals surface area contributed by atoms with Crippen molar-refractivity contribution < 1.29 is 4.74 Å². The number of imidazole rings is 1. The molecule has 18 heavy (non-hydrogen) atoms. The van der Waals surface area contributed by atoms with Crippen LogP contribution in [0.1, 0.15) is 6.92 Å². The molecule has 0 unspecified atom stereocenters. The van der Waals surface area contributed by atoms with Crippen LogP contribution in [0, 0.1) is 4.77 Å². The maximum absolute atomic E-state index is 6.00. The zero-order chi connectivity index (χ0) is 13.1. The topological polar surface area (TPSA) is 29.9 Å². The SMILES string of the molecule is C=C(C)COCCn1c(=S)[nH]c2ccc(Cl)cc21. The molecule has 0 fully saturated rings. The van der Waals surface area contributed by atoms with E-state index in [0.29, 0.717) is 29.6 Å². The number of hydrogen-bond acceptors (Lipinski definition) is 2. The minimum atomic E-state index is 0.580. The van der Waals surface area contributed by atoms with Crippen molar-refractivity contribution in [3.63, 3.8) is 0 Å². The third-order valence-corrected chi connectivity index (χ3v) is 3.10. The van der Waals surface area contributed by atoms with Crippen LogP contribution < -0.4 is 0 Å². The van der Waals surface area contributed by atoms with Crippen LogP contribution >= 0.6 is 23.8 Å². The van der Waals surface area contributed by atoms with Crippen molar-refractivity contribution in [1.82, 2.24) is 9.55 Å². The van der Waals surface area contributed by atoms with Crippen molar-refractivity contribution in [2.75, 3.05) is 13.2 Å². The molecule has 1 heterocycles. The predicted octanol–water partition coefficient (Wildman–Crippen LogP) is 3.94. The Morgan fingerprint density at radius 2 is 2.33 bits per heavy atom. The van der Waals surface area contributed by atoms with E-state index in [2.05, 4.69) is 11.6 Å². The largest absolute Gasteiger partial charge is 0.375 e. The first-order valence-corrected chi connectivity index (χ1v) is 6.47. The van der Waals surface area contributed by atoms with Gasteiger partial charge in [-0.25, -0.2) is 0 Å². The fraction of sp³-hybridized carbons (Fsp3) is 0.308. The van der Waals surface area contributed by atoms with Gasteiger partial charge in [-0.2, -0.15) is 0 Å². The lowest BCUT2D eigenvalue weighted by atomic mass is 10.3. The summed E-state index contributed by atoms with van der Waals surface area (Å²) in [5, 5.41) is 0.702. The molecule has 1 aromatic carbocycles. The average molecular weight is 283 g/mol. The zero-order valence-electron chi connectivity index (χ0n) is 10.2. The van der Waals surface area contributed by atoms with E-state index in [1.54, 1.807) is 0 Å². The highest BCUT2D eigenvalue weighted by Crippen LogP contribution is 2.19. The molecule has 1 N–H and O–H groups in total. The molecule has 0 aliphatic heterocycles. The minimum absolute atomic E-state index is 0.580. The van der Waals surface area contributed by atoms with Gasteiger partial charge in [0.15, 0.2) is 4.77 Å². The normalized spacial score (nSPS) is 11.0. The van der Waals surface area contributed by atoms with Crippen LogP contribution in [-0.2, 0) is 11.3 Å². The highest BCUT2D eigenvalue weighted by molar-refractivity contribution is 7.71. The fourth-order valence-electron chi connectivity index (χ4n) is 1.75. The molecule has 0 atom stereocenters. The summed E-state index contributed by atoms with van der Waals surface area (Å²) in [5.74, 6) is 0. The zero-order valence-corrected chi connectivity index (χ0v) is 11.8. The second-order valence-electron chi connectivity index (χ2n) is 4.25. The van der Waals surface area contributed by atoms with Gasteiger partial charge in [0.1, 0.15) is 0 Å². The van der Waals surface area contributed by atoms with E-state index in [0.717, 1.165) is 16.6 Å². The van der Waals surface area contributed by atoms with Crippen LogP contribution in [0.3, 0.4) is 0 Å². The molecule has 0 spiro atoms. The smallest absolute Gasteiger partial charge is 0.178 e. The van der Waals surface area contributed by atoms with Crippen LogP contribution in [0.25, 0.3) is 11.0 Å². The van der Waals surface area contributed by atoms with Gasteiger partial charge in [-0.05, 0) is 37.3 Å². The Labute approximate surface area is 116 Å². The fourth-order valence-corrected chi connectivity index (χ4v) is 2.22. The van der Waals surface area contributed by atoms with Gasteiger partial charge in [-0.3, -0.25) is 0 Å². The monoisotopic (exact) mass is 282 g/mol. The number of rotatable bonds is 5. The second kappa shape index (κ2) is 5.69. The van der Waals surface area contributed by atoms with Crippen molar-refractivity contribution >= 4 is 34.9 Å². The van der Waals surface area contributed by atoms with Gasteiger partial charge >= 0.3 is 0 Å². The molecule has 0 bridgehead atoms. The number of nitrogens with one attached hydrogen (secondary N) is 1. The number of aromatic nitrogens is 2. The van der Waals surface area contributed by atoms with Crippen LogP contribution in [0.4, 0.5) is 0 Å². The quantitative estimate of drug-likeness (QED) is 0.511. The Morgan fingerprint density at radius 3 is 3.06 bits per heavy atom. The molecule has 0 aliphatic rings. The first kappa shape index (κ1) is 13.3. The van der Waals surface area contributed by atoms with Crippen LogP contribution in [0.5, 0.6) is 0 Å². The molecule has 2 aromatic rings. The summed E-state index contributed by atoms with van der Waals surface area (Å²) in [6.07, 6.45) is 0. The van der Waals surface area contributed by atoms with E-state index in [9.17, 15) is 0 Å². The number of ether oxygens (including phenoxy) is 1. The Hall–Kier alpha value is -1.10. The molecule has 3 nitrogen and oxygen atoms in total. The lowest BCUT2D eigenvalue weighted by molar-refractivity contribution is 0.148. The Bertz CT molecular complexity index is 629. The number of H-pyrrole nitrogens is 1. The molecule has 0 saturated heterocycles.